The van der Waals surface area contributed by atoms with Gasteiger partial charge >= 0.3 is 0 Å². The van der Waals surface area contributed by atoms with Crippen molar-refractivity contribution in [1.82, 2.24) is 5.32 Å². The van der Waals surface area contributed by atoms with Gasteiger partial charge in [-0.2, -0.15) is 0 Å². The third-order valence-electron chi connectivity index (χ3n) is 4.04. The first-order valence-corrected chi connectivity index (χ1v) is 8.19. The second kappa shape index (κ2) is 7.90. The Morgan fingerprint density at radius 1 is 1.08 bits per heavy atom. The highest BCUT2D eigenvalue weighted by molar-refractivity contribution is 6.08. The van der Waals surface area contributed by atoms with E-state index < -0.39 is 11.7 Å². The Balaban J connectivity index is 1.68. The minimum atomic E-state index is -0.412. The number of benzene rings is 2. The van der Waals surface area contributed by atoms with Crippen LogP contribution in [0.3, 0.4) is 0 Å². The summed E-state index contributed by atoms with van der Waals surface area (Å²) in [6, 6.07) is 12.0. The highest BCUT2D eigenvalue weighted by Gasteiger charge is 2.18. The fraction of sp³-hybridized carbons (Fsp3) is 0.263. The van der Waals surface area contributed by atoms with Crippen LogP contribution >= 0.6 is 0 Å². The molecule has 130 valence electrons. The Hall–Kier alpha value is -2.73. The summed E-state index contributed by atoms with van der Waals surface area (Å²) in [6.45, 7) is 1.17. The number of hydrogen-bond acceptors (Lipinski definition) is 3. The number of halogens is 1. The molecule has 0 aliphatic carbocycles. The van der Waals surface area contributed by atoms with Crippen LogP contribution in [0.1, 0.15) is 33.6 Å². The minimum Gasteiger partial charge on any atom is -0.376 e. The molecule has 2 aromatic carbocycles. The van der Waals surface area contributed by atoms with Gasteiger partial charge in [0.2, 0.25) is 0 Å². The highest BCUT2D eigenvalue weighted by atomic mass is 19.1. The SMILES string of the molecule is O=C(Nc1ccccc1C(=O)NC[C@H]1CCCO1)c1ccc(F)cc1. The summed E-state index contributed by atoms with van der Waals surface area (Å²) in [5.41, 5.74) is 1.09. The molecule has 1 atom stereocenters. The van der Waals surface area contributed by atoms with Crippen molar-refractivity contribution in [3.05, 3.63) is 65.5 Å². The number of para-hydroxylation sites is 1. The number of rotatable bonds is 5. The van der Waals surface area contributed by atoms with E-state index in [4.69, 9.17) is 4.74 Å². The second-order valence-electron chi connectivity index (χ2n) is 5.85. The Kier molecular flexibility index (Phi) is 5.40. The third-order valence-corrected chi connectivity index (χ3v) is 4.04. The summed E-state index contributed by atoms with van der Waals surface area (Å²) < 4.78 is 18.5. The zero-order valence-corrected chi connectivity index (χ0v) is 13.6. The van der Waals surface area contributed by atoms with Crippen LogP contribution in [0, 0.1) is 5.82 Å². The molecule has 1 fully saturated rings. The molecule has 0 bridgehead atoms. The Bertz CT molecular complexity index is 756. The summed E-state index contributed by atoms with van der Waals surface area (Å²) >= 11 is 0. The van der Waals surface area contributed by atoms with Gasteiger partial charge in [-0.3, -0.25) is 9.59 Å². The number of anilines is 1. The van der Waals surface area contributed by atoms with E-state index in [2.05, 4.69) is 10.6 Å². The summed E-state index contributed by atoms with van der Waals surface area (Å²) in [5, 5.41) is 5.54. The van der Waals surface area contributed by atoms with Crippen LogP contribution in [0.15, 0.2) is 48.5 Å². The maximum Gasteiger partial charge on any atom is 0.255 e. The standard InChI is InChI=1S/C19H19FN2O3/c20-14-9-7-13(8-10-14)18(23)22-17-6-2-1-5-16(17)19(24)21-12-15-4-3-11-25-15/h1-2,5-10,15H,3-4,11-12H2,(H,21,24)(H,22,23)/t15-/m1/s1. The van der Waals surface area contributed by atoms with E-state index in [0.717, 1.165) is 19.4 Å². The Morgan fingerprint density at radius 2 is 1.84 bits per heavy atom. The van der Waals surface area contributed by atoms with Crippen molar-refractivity contribution in [2.24, 2.45) is 0 Å². The molecule has 1 heterocycles. The highest BCUT2D eigenvalue weighted by Crippen LogP contribution is 2.17. The van der Waals surface area contributed by atoms with Crippen molar-refractivity contribution in [2.75, 3.05) is 18.5 Å². The monoisotopic (exact) mass is 342 g/mol. The van der Waals surface area contributed by atoms with Crippen molar-refractivity contribution in [3.8, 4) is 0 Å². The molecule has 3 rings (SSSR count). The zero-order valence-electron chi connectivity index (χ0n) is 13.6. The van der Waals surface area contributed by atoms with Gasteiger partial charge in [-0.25, -0.2) is 4.39 Å². The average molecular weight is 342 g/mol. The molecule has 6 heteroatoms. The molecule has 2 aromatic rings. The molecule has 5 nitrogen and oxygen atoms in total. The summed E-state index contributed by atoms with van der Waals surface area (Å²) in [5.74, 6) is -1.09. The lowest BCUT2D eigenvalue weighted by Gasteiger charge is -2.13. The number of carbonyl (C=O) groups excluding carboxylic acids is 2. The summed E-state index contributed by atoms with van der Waals surface area (Å²) in [6.07, 6.45) is 1.98. The molecule has 0 unspecified atom stereocenters. The van der Waals surface area contributed by atoms with Crippen LogP contribution in [0.25, 0.3) is 0 Å². The number of ether oxygens (including phenoxy) is 1. The average Bonchev–Trinajstić information content (AvgIpc) is 3.14. The first-order chi connectivity index (χ1) is 12.1. The lowest BCUT2D eigenvalue weighted by molar-refractivity contribution is 0.0858. The maximum absolute atomic E-state index is 13.0. The molecule has 0 saturated carbocycles. The van der Waals surface area contributed by atoms with E-state index in [1.807, 2.05) is 0 Å². The number of carbonyl (C=O) groups is 2. The van der Waals surface area contributed by atoms with E-state index in [9.17, 15) is 14.0 Å². The molecule has 25 heavy (non-hydrogen) atoms. The van der Waals surface area contributed by atoms with Gasteiger partial charge < -0.3 is 15.4 Å². The molecular weight excluding hydrogens is 323 g/mol. The molecule has 2 amide bonds. The molecule has 0 aromatic heterocycles. The van der Waals surface area contributed by atoms with Gasteiger partial charge in [0.1, 0.15) is 5.82 Å². The van der Waals surface area contributed by atoms with Crippen LogP contribution in [-0.2, 0) is 4.74 Å². The van der Waals surface area contributed by atoms with Crippen molar-refractivity contribution in [2.45, 2.75) is 18.9 Å². The molecule has 0 radical (unpaired) electrons. The lowest BCUT2D eigenvalue weighted by atomic mass is 10.1. The van der Waals surface area contributed by atoms with Crippen LogP contribution in [0.2, 0.25) is 0 Å². The fourth-order valence-electron chi connectivity index (χ4n) is 2.69. The van der Waals surface area contributed by atoms with Crippen LogP contribution < -0.4 is 10.6 Å². The van der Waals surface area contributed by atoms with Gasteiger partial charge in [0.25, 0.3) is 11.8 Å². The van der Waals surface area contributed by atoms with Gasteiger partial charge in [0.15, 0.2) is 0 Å². The van der Waals surface area contributed by atoms with E-state index >= 15 is 0 Å². The molecule has 1 aliphatic rings. The van der Waals surface area contributed by atoms with Crippen LogP contribution in [-0.4, -0.2) is 31.1 Å². The molecular formula is C19H19FN2O3. The van der Waals surface area contributed by atoms with Gasteiger partial charge in [-0.05, 0) is 49.2 Å². The quantitative estimate of drug-likeness (QED) is 0.878. The van der Waals surface area contributed by atoms with E-state index in [-0.39, 0.29) is 12.0 Å². The number of amides is 2. The first kappa shape index (κ1) is 17.1. The smallest absolute Gasteiger partial charge is 0.255 e. The normalized spacial score (nSPS) is 16.4. The molecule has 1 aliphatic heterocycles. The molecule has 0 spiro atoms. The largest absolute Gasteiger partial charge is 0.376 e. The van der Waals surface area contributed by atoms with Crippen LogP contribution in [0.4, 0.5) is 10.1 Å². The van der Waals surface area contributed by atoms with Gasteiger partial charge in [-0.1, -0.05) is 12.1 Å². The van der Waals surface area contributed by atoms with Crippen LogP contribution in [0.5, 0.6) is 0 Å². The second-order valence-corrected chi connectivity index (χ2v) is 5.85. The van der Waals surface area contributed by atoms with E-state index in [0.29, 0.717) is 23.4 Å². The lowest BCUT2D eigenvalue weighted by Crippen LogP contribution is -2.32. The fourth-order valence-corrected chi connectivity index (χ4v) is 2.69. The maximum atomic E-state index is 13.0. The minimum absolute atomic E-state index is 0.0462. The third kappa shape index (κ3) is 4.42. The first-order valence-electron chi connectivity index (χ1n) is 8.19. The number of hydrogen-bond donors (Lipinski definition) is 2. The molecule has 1 saturated heterocycles. The summed E-state index contributed by atoms with van der Waals surface area (Å²) in [7, 11) is 0. The Morgan fingerprint density at radius 3 is 2.56 bits per heavy atom. The predicted octanol–water partition coefficient (Wildman–Crippen LogP) is 2.99. The van der Waals surface area contributed by atoms with Gasteiger partial charge in [0, 0.05) is 18.7 Å². The predicted molar refractivity (Wildman–Crippen MR) is 92.1 cm³/mol. The molecule has 2 N–H and O–H groups in total. The van der Waals surface area contributed by atoms with Crippen molar-refractivity contribution < 1.29 is 18.7 Å². The van der Waals surface area contributed by atoms with Crippen molar-refractivity contribution in [1.29, 1.82) is 0 Å². The topological polar surface area (TPSA) is 67.4 Å². The van der Waals surface area contributed by atoms with Gasteiger partial charge in [-0.15, -0.1) is 0 Å². The van der Waals surface area contributed by atoms with Crippen molar-refractivity contribution >= 4 is 17.5 Å². The summed E-state index contributed by atoms with van der Waals surface area (Å²) in [4.78, 5) is 24.7. The zero-order chi connectivity index (χ0) is 17.6. The Labute approximate surface area is 145 Å². The van der Waals surface area contributed by atoms with E-state index in [1.165, 1.54) is 24.3 Å². The van der Waals surface area contributed by atoms with Crippen molar-refractivity contribution in [3.63, 3.8) is 0 Å². The van der Waals surface area contributed by atoms with Gasteiger partial charge in [0.05, 0.1) is 17.4 Å². The number of nitrogens with one attached hydrogen (secondary N) is 2. The van der Waals surface area contributed by atoms with E-state index in [1.54, 1.807) is 24.3 Å².